The van der Waals surface area contributed by atoms with Crippen molar-refractivity contribution >= 4 is 35.0 Å². The fraction of sp³-hybridized carbons (Fsp3) is 0.261. The van der Waals surface area contributed by atoms with Gasteiger partial charge in [-0.25, -0.2) is 4.90 Å². The van der Waals surface area contributed by atoms with Crippen LogP contribution in [0.15, 0.2) is 54.6 Å². The molecular weight excluding hydrogens is 352 g/mol. The fourth-order valence-corrected chi connectivity index (χ4v) is 4.92. The third-order valence-corrected chi connectivity index (χ3v) is 6.12. The molecule has 28 heavy (non-hydrogen) atoms. The van der Waals surface area contributed by atoms with Gasteiger partial charge in [0.05, 0.1) is 23.6 Å². The van der Waals surface area contributed by atoms with Crippen LogP contribution in [0.5, 0.6) is 0 Å². The molecule has 3 aliphatic heterocycles. The monoisotopic (exact) mass is 372 g/mol. The first kappa shape index (κ1) is 16.9. The molecule has 2 aromatic rings. The minimum Gasteiger partial charge on any atom is -0.353 e. The van der Waals surface area contributed by atoms with E-state index in [1.54, 1.807) is 12.1 Å². The molecule has 2 amide bonds. The third kappa shape index (κ3) is 2.16. The van der Waals surface area contributed by atoms with E-state index in [9.17, 15) is 14.4 Å². The predicted molar refractivity (Wildman–Crippen MR) is 107 cm³/mol. The van der Waals surface area contributed by atoms with Crippen molar-refractivity contribution in [1.29, 1.82) is 0 Å². The molecule has 140 valence electrons. The lowest BCUT2D eigenvalue weighted by atomic mass is 9.88. The number of fused-ring (bicyclic) bond motifs is 5. The van der Waals surface area contributed by atoms with Crippen LogP contribution in [0.25, 0.3) is 6.08 Å². The van der Waals surface area contributed by atoms with Crippen LogP contribution in [0.1, 0.15) is 18.1 Å². The number of amides is 2. The van der Waals surface area contributed by atoms with Gasteiger partial charge in [0.25, 0.3) is 0 Å². The standard InChI is InChI=1S/C23H20N2O3/c1-13-7-10-16(11-8-13)24-22(27)19-18-12-9-15-5-3-4-6-17(15)25(18)21(14(2)26)20(19)23(24)28/h3-12,18-21H,1-2H3/t18-,19+,20+,21+/m0/s1. The van der Waals surface area contributed by atoms with E-state index in [4.69, 9.17) is 0 Å². The maximum atomic E-state index is 13.4. The maximum absolute atomic E-state index is 13.4. The van der Waals surface area contributed by atoms with Crippen LogP contribution in [-0.2, 0) is 14.4 Å². The van der Waals surface area contributed by atoms with E-state index in [2.05, 4.69) is 0 Å². The molecule has 5 rings (SSSR count). The summed E-state index contributed by atoms with van der Waals surface area (Å²) >= 11 is 0. The first-order valence-corrected chi connectivity index (χ1v) is 9.49. The molecule has 2 fully saturated rings. The third-order valence-electron chi connectivity index (χ3n) is 6.12. The summed E-state index contributed by atoms with van der Waals surface area (Å²) in [4.78, 5) is 42.6. The maximum Gasteiger partial charge on any atom is 0.240 e. The Morgan fingerprint density at radius 2 is 1.61 bits per heavy atom. The van der Waals surface area contributed by atoms with Crippen LogP contribution < -0.4 is 9.80 Å². The normalized spacial score (nSPS) is 27.6. The first-order chi connectivity index (χ1) is 13.5. The highest BCUT2D eigenvalue weighted by molar-refractivity contribution is 6.24. The van der Waals surface area contributed by atoms with Crippen molar-refractivity contribution in [2.75, 3.05) is 9.80 Å². The molecule has 0 unspecified atom stereocenters. The molecular formula is C23H20N2O3. The largest absolute Gasteiger partial charge is 0.353 e. The average Bonchev–Trinajstić information content (AvgIpc) is 3.16. The second kappa shape index (κ2) is 5.89. The summed E-state index contributed by atoms with van der Waals surface area (Å²) in [5.74, 6) is -1.80. The minimum atomic E-state index is -0.660. The lowest BCUT2D eigenvalue weighted by Crippen LogP contribution is -2.48. The molecule has 0 spiro atoms. The number of imide groups is 1. The Bertz CT molecular complexity index is 1040. The Hall–Kier alpha value is -3.21. The van der Waals surface area contributed by atoms with Gasteiger partial charge in [-0.2, -0.15) is 0 Å². The van der Waals surface area contributed by atoms with Crippen LogP contribution in [0.3, 0.4) is 0 Å². The van der Waals surface area contributed by atoms with E-state index in [0.717, 1.165) is 16.8 Å². The van der Waals surface area contributed by atoms with Crippen LogP contribution in [-0.4, -0.2) is 29.7 Å². The number of para-hydroxylation sites is 1. The first-order valence-electron chi connectivity index (χ1n) is 9.49. The second-order valence-electron chi connectivity index (χ2n) is 7.77. The van der Waals surface area contributed by atoms with Gasteiger partial charge < -0.3 is 4.90 Å². The summed E-state index contributed by atoms with van der Waals surface area (Å²) < 4.78 is 0. The number of hydrogen-bond acceptors (Lipinski definition) is 4. The van der Waals surface area contributed by atoms with E-state index in [1.165, 1.54) is 11.8 Å². The fourth-order valence-electron chi connectivity index (χ4n) is 4.92. The zero-order chi connectivity index (χ0) is 19.6. The van der Waals surface area contributed by atoms with E-state index >= 15 is 0 Å². The summed E-state index contributed by atoms with van der Waals surface area (Å²) in [5, 5.41) is 0. The number of aryl methyl sites for hydroxylation is 1. The van der Waals surface area contributed by atoms with Crippen molar-refractivity contribution in [3.8, 4) is 0 Å². The Morgan fingerprint density at radius 3 is 2.32 bits per heavy atom. The van der Waals surface area contributed by atoms with Gasteiger partial charge in [-0.1, -0.05) is 48.0 Å². The van der Waals surface area contributed by atoms with E-state index < -0.39 is 17.9 Å². The Labute approximate surface area is 163 Å². The molecule has 0 aromatic heterocycles. The van der Waals surface area contributed by atoms with Gasteiger partial charge in [0.1, 0.15) is 6.04 Å². The minimum absolute atomic E-state index is 0.0884. The summed E-state index contributed by atoms with van der Waals surface area (Å²) in [5.41, 5.74) is 3.54. The average molecular weight is 372 g/mol. The van der Waals surface area contributed by atoms with Gasteiger partial charge >= 0.3 is 0 Å². The number of benzene rings is 2. The molecule has 4 atom stereocenters. The Morgan fingerprint density at radius 1 is 0.929 bits per heavy atom. The number of ketones is 1. The SMILES string of the molecule is CC(=O)[C@@H]1[C@@H]2C(=O)N(c3ccc(C)cc3)C(=O)[C@@H]2[C@@H]2C=Cc3ccccc3N12. The van der Waals surface area contributed by atoms with Crippen LogP contribution in [0, 0.1) is 18.8 Å². The summed E-state index contributed by atoms with van der Waals surface area (Å²) in [6, 6.07) is 14.2. The van der Waals surface area contributed by atoms with Crippen molar-refractivity contribution < 1.29 is 14.4 Å². The molecule has 3 heterocycles. The number of Topliss-reactive ketones (excluding diaryl/α,β-unsaturated/α-hetero) is 1. The van der Waals surface area contributed by atoms with Crippen molar-refractivity contribution in [1.82, 2.24) is 0 Å². The number of hydrogen-bond donors (Lipinski definition) is 0. The van der Waals surface area contributed by atoms with Crippen molar-refractivity contribution in [2.24, 2.45) is 11.8 Å². The van der Waals surface area contributed by atoms with Crippen LogP contribution >= 0.6 is 0 Å². The second-order valence-corrected chi connectivity index (χ2v) is 7.77. The Kier molecular flexibility index (Phi) is 3.56. The van der Waals surface area contributed by atoms with Crippen molar-refractivity contribution in [3.63, 3.8) is 0 Å². The van der Waals surface area contributed by atoms with Gasteiger partial charge in [-0.15, -0.1) is 0 Å². The number of anilines is 2. The Balaban J connectivity index is 1.62. The molecule has 5 heteroatoms. The van der Waals surface area contributed by atoms with E-state index in [1.807, 2.05) is 60.4 Å². The van der Waals surface area contributed by atoms with Gasteiger partial charge in [-0.05, 0) is 37.6 Å². The lowest BCUT2D eigenvalue weighted by Gasteiger charge is -2.36. The predicted octanol–water partition coefficient (Wildman–Crippen LogP) is 2.97. The highest BCUT2D eigenvalue weighted by Gasteiger charge is 2.63. The molecule has 2 aromatic carbocycles. The topological polar surface area (TPSA) is 57.7 Å². The molecule has 3 aliphatic rings. The number of carbonyl (C=O) groups is 3. The summed E-state index contributed by atoms with van der Waals surface area (Å²) in [7, 11) is 0. The molecule has 2 saturated heterocycles. The molecule has 0 saturated carbocycles. The number of carbonyl (C=O) groups excluding carboxylic acids is 3. The van der Waals surface area contributed by atoms with Crippen molar-refractivity contribution in [2.45, 2.75) is 25.9 Å². The molecule has 5 nitrogen and oxygen atoms in total. The van der Waals surface area contributed by atoms with Crippen molar-refractivity contribution in [3.05, 3.63) is 65.7 Å². The van der Waals surface area contributed by atoms with Gasteiger partial charge in [-0.3, -0.25) is 14.4 Å². The molecule has 0 radical (unpaired) electrons. The molecule has 0 bridgehead atoms. The zero-order valence-corrected chi connectivity index (χ0v) is 15.7. The highest BCUT2D eigenvalue weighted by Crippen LogP contribution is 2.49. The summed E-state index contributed by atoms with van der Waals surface area (Å²) in [6.45, 7) is 3.47. The van der Waals surface area contributed by atoms with Gasteiger partial charge in [0.15, 0.2) is 5.78 Å². The zero-order valence-electron chi connectivity index (χ0n) is 15.7. The number of nitrogens with zero attached hydrogens (tertiary/aromatic N) is 2. The van der Waals surface area contributed by atoms with Crippen LogP contribution in [0.2, 0.25) is 0 Å². The molecule has 0 aliphatic carbocycles. The number of rotatable bonds is 2. The summed E-state index contributed by atoms with van der Waals surface area (Å²) in [6.07, 6.45) is 3.95. The van der Waals surface area contributed by atoms with Crippen LogP contribution in [0.4, 0.5) is 11.4 Å². The highest BCUT2D eigenvalue weighted by atomic mass is 16.2. The van der Waals surface area contributed by atoms with E-state index in [0.29, 0.717) is 5.69 Å². The van der Waals surface area contributed by atoms with Gasteiger partial charge in [0, 0.05) is 5.69 Å². The molecule has 0 N–H and O–H groups in total. The quantitative estimate of drug-likeness (QED) is 0.761. The smallest absolute Gasteiger partial charge is 0.240 e. The van der Waals surface area contributed by atoms with E-state index in [-0.39, 0.29) is 23.6 Å². The van der Waals surface area contributed by atoms with Gasteiger partial charge in [0.2, 0.25) is 11.8 Å². The lowest BCUT2D eigenvalue weighted by molar-refractivity contribution is -0.126.